The Morgan fingerprint density at radius 1 is 1.21 bits per heavy atom. The lowest BCUT2D eigenvalue weighted by molar-refractivity contribution is -0.123. The molecular formula is C20H29FN2O. The molecule has 1 heterocycles. The summed E-state index contributed by atoms with van der Waals surface area (Å²) in [5.74, 6) is 1.39. The number of benzene rings is 1. The van der Waals surface area contributed by atoms with Crippen LogP contribution in [0.3, 0.4) is 0 Å². The summed E-state index contributed by atoms with van der Waals surface area (Å²) in [5.41, 5.74) is 1.03. The number of carbonyl (C=O) groups excluding carboxylic acids is 1. The van der Waals surface area contributed by atoms with E-state index in [9.17, 15) is 9.18 Å². The lowest BCUT2D eigenvalue weighted by Crippen LogP contribution is -2.39. The molecule has 3 nitrogen and oxygen atoms in total. The zero-order valence-corrected chi connectivity index (χ0v) is 14.6. The predicted octanol–water partition coefficient (Wildman–Crippen LogP) is 3.81. The molecule has 0 aromatic heterocycles. The number of nitrogens with one attached hydrogen (secondary N) is 2. The second-order valence-electron chi connectivity index (χ2n) is 7.58. The van der Waals surface area contributed by atoms with Gasteiger partial charge in [0, 0.05) is 6.42 Å². The highest BCUT2D eigenvalue weighted by atomic mass is 19.1. The zero-order chi connectivity index (χ0) is 16.9. The van der Waals surface area contributed by atoms with E-state index in [2.05, 4.69) is 17.6 Å². The molecule has 24 heavy (non-hydrogen) atoms. The first-order chi connectivity index (χ1) is 11.6. The third kappa shape index (κ3) is 4.35. The number of hydrogen-bond acceptors (Lipinski definition) is 2. The quantitative estimate of drug-likeness (QED) is 0.832. The Labute approximate surface area is 144 Å². The molecule has 1 saturated carbocycles. The van der Waals surface area contributed by atoms with Crippen molar-refractivity contribution < 1.29 is 9.18 Å². The number of halogens is 1. The van der Waals surface area contributed by atoms with Gasteiger partial charge in [0.1, 0.15) is 5.82 Å². The summed E-state index contributed by atoms with van der Waals surface area (Å²) < 4.78 is 13.2. The van der Waals surface area contributed by atoms with Crippen molar-refractivity contribution >= 4 is 5.91 Å². The first-order valence-electron chi connectivity index (χ1n) is 9.39. The van der Waals surface area contributed by atoms with E-state index in [1.807, 2.05) is 12.1 Å². The fourth-order valence-electron chi connectivity index (χ4n) is 3.97. The summed E-state index contributed by atoms with van der Waals surface area (Å²) in [6, 6.07) is 6.64. The summed E-state index contributed by atoms with van der Waals surface area (Å²) in [6.45, 7) is 4.32. The molecule has 1 amide bonds. The Kier molecular flexibility index (Phi) is 5.88. The van der Waals surface area contributed by atoms with E-state index in [0.717, 1.165) is 31.5 Å². The fourth-order valence-corrected chi connectivity index (χ4v) is 3.97. The Morgan fingerprint density at radius 2 is 1.92 bits per heavy atom. The van der Waals surface area contributed by atoms with Gasteiger partial charge in [-0.05, 0) is 74.2 Å². The summed E-state index contributed by atoms with van der Waals surface area (Å²) in [5, 5.41) is 6.67. The number of rotatable bonds is 6. The third-order valence-corrected chi connectivity index (χ3v) is 5.81. The van der Waals surface area contributed by atoms with Crippen molar-refractivity contribution in [1.82, 2.24) is 10.6 Å². The minimum absolute atomic E-state index is 0.0310. The van der Waals surface area contributed by atoms with Gasteiger partial charge in [-0.15, -0.1) is 0 Å². The molecular weight excluding hydrogens is 303 g/mol. The molecule has 0 spiro atoms. The van der Waals surface area contributed by atoms with E-state index in [1.165, 1.54) is 31.4 Å². The van der Waals surface area contributed by atoms with Crippen LogP contribution in [0.5, 0.6) is 0 Å². The number of piperidine rings is 1. The molecule has 0 bridgehead atoms. The van der Waals surface area contributed by atoms with E-state index in [4.69, 9.17) is 0 Å². The molecule has 2 aliphatic rings. The second-order valence-corrected chi connectivity index (χ2v) is 7.58. The number of hydrogen-bond donors (Lipinski definition) is 2. The first kappa shape index (κ1) is 17.4. The van der Waals surface area contributed by atoms with Crippen molar-refractivity contribution in [3.05, 3.63) is 35.6 Å². The maximum atomic E-state index is 13.2. The van der Waals surface area contributed by atoms with Gasteiger partial charge in [0.2, 0.25) is 5.91 Å². The van der Waals surface area contributed by atoms with Gasteiger partial charge in [-0.3, -0.25) is 4.79 Å². The molecule has 2 fully saturated rings. The van der Waals surface area contributed by atoms with Crippen LogP contribution < -0.4 is 10.6 Å². The van der Waals surface area contributed by atoms with E-state index in [-0.39, 0.29) is 17.8 Å². The minimum atomic E-state index is -0.226. The average molecular weight is 332 g/mol. The Hall–Kier alpha value is -1.42. The Balaban J connectivity index is 1.59. The molecule has 0 radical (unpaired) electrons. The van der Waals surface area contributed by atoms with Crippen LogP contribution in [0.25, 0.3) is 0 Å². The maximum absolute atomic E-state index is 13.2. The summed E-state index contributed by atoms with van der Waals surface area (Å²) >= 11 is 0. The molecule has 132 valence electrons. The molecule has 1 saturated heterocycles. The van der Waals surface area contributed by atoms with Crippen molar-refractivity contribution in [2.75, 3.05) is 13.1 Å². The van der Waals surface area contributed by atoms with Crippen molar-refractivity contribution in [2.24, 2.45) is 17.8 Å². The fraction of sp³-hybridized carbons (Fsp3) is 0.650. The van der Waals surface area contributed by atoms with Gasteiger partial charge in [-0.2, -0.15) is 0 Å². The molecule has 3 unspecified atom stereocenters. The molecule has 4 heteroatoms. The van der Waals surface area contributed by atoms with Gasteiger partial charge in [0.25, 0.3) is 0 Å². The van der Waals surface area contributed by atoms with Crippen LogP contribution in [0.15, 0.2) is 24.3 Å². The molecule has 1 aromatic rings. The third-order valence-electron chi connectivity index (χ3n) is 5.81. The first-order valence-corrected chi connectivity index (χ1v) is 9.39. The van der Waals surface area contributed by atoms with Crippen LogP contribution in [-0.4, -0.2) is 19.0 Å². The Morgan fingerprint density at radius 3 is 2.50 bits per heavy atom. The predicted molar refractivity (Wildman–Crippen MR) is 94.0 cm³/mol. The molecule has 2 N–H and O–H groups in total. The van der Waals surface area contributed by atoms with E-state index < -0.39 is 0 Å². The van der Waals surface area contributed by atoms with Gasteiger partial charge in [-0.1, -0.05) is 25.5 Å². The largest absolute Gasteiger partial charge is 0.349 e. The monoisotopic (exact) mass is 332 g/mol. The zero-order valence-electron chi connectivity index (χ0n) is 14.6. The van der Waals surface area contributed by atoms with Gasteiger partial charge >= 0.3 is 0 Å². The lowest BCUT2D eigenvalue weighted by Gasteiger charge is -2.35. The highest BCUT2D eigenvalue weighted by Gasteiger charge is 2.30. The highest BCUT2D eigenvalue weighted by molar-refractivity contribution is 5.76. The van der Waals surface area contributed by atoms with Gasteiger partial charge in [-0.25, -0.2) is 4.39 Å². The van der Waals surface area contributed by atoms with E-state index in [1.54, 1.807) is 0 Å². The minimum Gasteiger partial charge on any atom is -0.349 e. The maximum Gasteiger partial charge on any atom is 0.220 e. The summed E-state index contributed by atoms with van der Waals surface area (Å²) in [4.78, 5) is 12.6. The molecule has 1 aliphatic heterocycles. The van der Waals surface area contributed by atoms with Gasteiger partial charge < -0.3 is 10.6 Å². The van der Waals surface area contributed by atoms with Crippen LogP contribution in [0.1, 0.15) is 57.1 Å². The topological polar surface area (TPSA) is 41.1 Å². The van der Waals surface area contributed by atoms with Crippen molar-refractivity contribution in [2.45, 2.75) is 51.5 Å². The SMILES string of the molecule is CC(CC(=O)NC(c1ccc(F)cc1)C1CCC1)C1CCCNC1. The van der Waals surface area contributed by atoms with Gasteiger partial charge in [0.05, 0.1) is 6.04 Å². The van der Waals surface area contributed by atoms with Crippen LogP contribution >= 0.6 is 0 Å². The van der Waals surface area contributed by atoms with Crippen LogP contribution in [0, 0.1) is 23.6 Å². The molecule has 1 aromatic carbocycles. The number of amides is 1. The standard InChI is InChI=1S/C20H29FN2O/c1-14(17-6-3-11-22-13-17)12-19(24)23-20(15-4-2-5-15)16-7-9-18(21)10-8-16/h7-10,14-15,17,20,22H,2-6,11-13H2,1H3,(H,23,24). The average Bonchev–Trinajstić information content (AvgIpc) is 2.54. The van der Waals surface area contributed by atoms with Gasteiger partial charge in [0.15, 0.2) is 0 Å². The van der Waals surface area contributed by atoms with Crippen molar-refractivity contribution in [1.29, 1.82) is 0 Å². The molecule has 1 aliphatic carbocycles. The van der Waals surface area contributed by atoms with Crippen LogP contribution in [-0.2, 0) is 4.79 Å². The van der Waals surface area contributed by atoms with Crippen LogP contribution in [0.4, 0.5) is 4.39 Å². The molecule has 3 atom stereocenters. The normalized spacial score (nSPS) is 24.0. The highest BCUT2D eigenvalue weighted by Crippen LogP contribution is 2.38. The Bertz CT molecular complexity index is 535. The van der Waals surface area contributed by atoms with Crippen molar-refractivity contribution in [3.8, 4) is 0 Å². The summed E-state index contributed by atoms with van der Waals surface area (Å²) in [7, 11) is 0. The number of carbonyl (C=O) groups is 1. The van der Waals surface area contributed by atoms with E-state index in [0.29, 0.717) is 24.2 Å². The smallest absolute Gasteiger partial charge is 0.220 e. The molecule has 3 rings (SSSR count). The van der Waals surface area contributed by atoms with Crippen molar-refractivity contribution in [3.63, 3.8) is 0 Å². The summed E-state index contributed by atoms with van der Waals surface area (Å²) in [6.07, 6.45) is 6.51. The van der Waals surface area contributed by atoms with Crippen LogP contribution in [0.2, 0.25) is 0 Å². The van der Waals surface area contributed by atoms with E-state index >= 15 is 0 Å². The second kappa shape index (κ2) is 8.11. The lowest BCUT2D eigenvalue weighted by atomic mass is 9.77.